The van der Waals surface area contributed by atoms with Crippen molar-refractivity contribution in [3.63, 3.8) is 0 Å². The lowest BCUT2D eigenvalue weighted by molar-refractivity contribution is 0.518. The summed E-state index contributed by atoms with van der Waals surface area (Å²) < 4.78 is 6.22. The number of thiophene rings is 1. The summed E-state index contributed by atoms with van der Waals surface area (Å²) in [6, 6.07) is 3.70. The number of aryl methyl sites for hydroxylation is 1. The summed E-state index contributed by atoms with van der Waals surface area (Å²) in [5.74, 6) is 1.38. The van der Waals surface area contributed by atoms with Crippen LogP contribution < -0.4 is 16.7 Å². The number of aromatic amines is 1. The van der Waals surface area contributed by atoms with Gasteiger partial charge in [-0.05, 0) is 37.6 Å². The number of hydrogen-bond donors (Lipinski definition) is 3. The molecule has 0 aliphatic heterocycles. The first-order valence-electron chi connectivity index (χ1n) is 7.67. The van der Waals surface area contributed by atoms with Crippen LogP contribution in [0.2, 0.25) is 0 Å². The van der Waals surface area contributed by atoms with Crippen LogP contribution >= 0.6 is 11.3 Å². The number of rotatable bonds is 5. The monoisotopic (exact) mass is 334 g/mol. The van der Waals surface area contributed by atoms with Gasteiger partial charge in [0.1, 0.15) is 5.76 Å². The van der Waals surface area contributed by atoms with E-state index in [4.69, 9.17) is 10.2 Å². The molecule has 0 aliphatic carbocycles. The van der Waals surface area contributed by atoms with Crippen LogP contribution in [0.25, 0.3) is 10.2 Å². The number of aromatic nitrogens is 2. The van der Waals surface area contributed by atoms with E-state index in [1.807, 2.05) is 32.9 Å². The van der Waals surface area contributed by atoms with Gasteiger partial charge >= 0.3 is 5.69 Å². The van der Waals surface area contributed by atoms with E-state index in [0.29, 0.717) is 18.9 Å². The van der Waals surface area contributed by atoms with Crippen LogP contribution in [0, 0.1) is 6.92 Å². The Balaban J connectivity index is 0.000000924. The normalized spacial score (nSPS) is 10.4. The molecule has 3 heterocycles. The number of hydrogen-bond acceptors (Lipinski definition) is 6. The van der Waals surface area contributed by atoms with E-state index in [-0.39, 0.29) is 5.69 Å². The van der Waals surface area contributed by atoms with Gasteiger partial charge in [-0.15, -0.1) is 11.3 Å². The van der Waals surface area contributed by atoms with Crippen molar-refractivity contribution in [3.8, 4) is 0 Å². The highest BCUT2D eigenvalue weighted by Crippen LogP contribution is 2.32. The van der Waals surface area contributed by atoms with Gasteiger partial charge in [-0.1, -0.05) is 13.8 Å². The zero-order chi connectivity index (χ0) is 16.8. The molecule has 0 unspecified atom stereocenters. The molecule has 0 saturated heterocycles. The molecule has 0 spiro atoms. The lowest BCUT2D eigenvalue weighted by Crippen LogP contribution is -2.13. The van der Waals surface area contributed by atoms with Gasteiger partial charge < -0.3 is 20.5 Å². The van der Waals surface area contributed by atoms with Crippen LogP contribution in [-0.2, 0) is 13.0 Å². The van der Waals surface area contributed by atoms with Crippen LogP contribution in [-0.4, -0.2) is 16.5 Å². The molecule has 23 heavy (non-hydrogen) atoms. The van der Waals surface area contributed by atoms with E-state index >= 15 is 0 Å². The first-order valence-corrected chi connectivity index (χ1v) is 8.49. The second-order valence-corrected chi connectivity index (χ2v) is 5.82. The number of furan rings is 1. The predicted molar refractivity (Wildman–Crippen MR) is 95.1 cm³/mol. The highest BCUT2D eigenvalue weighted by atomic mass is 32.1. The first-order chi connectivity index (χ1) is 11.2. The molecule has 0 saturated carbocycles. The largest absolute Gasteiger partial charge is 0.467 e. The van der Waals surface area contributed by atoms with Crippen LogP contribution in [0.5, 0.6) is 0 Å². The summed E-state index contributed by atoms with van der Waals surface area (Å²) in [5.41, 5.74) is 7.19. The van der Waals surface area contributed by atoms with Crippen molar-refractivity contribution in [2.24, 2.45) is 5.73 Å². The Bertz CT molecular complexity index is 805. The van der Waals surface area contributed by atoms with Crippen molar-refractivity contribution < 1.29 is 4.42 Å². The molecule has 3 aromatic heterocycles. The third-order valence-electron chi connectivity index (χ3n) is 3.29. The Labute approximate surface area is 138 Å². The Kier molecular flexibility index (Phi) is 5.95. The van der Waals surface area contributed by atoms with Crippen LogP contribution in [0.3, 0.4) is 0 Å². The molecule has 7 heteroatoms. The number of nitrogens with zero attached hydrogens (tertiary/aromatic N) is 1. The molecule has 0 amide bonds. The number of fused-ring (bicyclic) bond motifs is 1. The molecule has 3 aromatic rings. The fraction of sp³-hybridized carbons (Fsp3) is 0.375. The maximum atomic E-state index is 11.7. The molecule has 6 nitrogen and oxygen atoms in total. The highest BCUT2D eigenvalue weighted by Gasteiger charge is 2.14. The topological polar surface area (TPSA) is 96.9 Å². The Morgan fingerprint density at radius 3 is 2.87 bits per heavy atom. The molecule has 3 rings (SSSR count). The Hall–Kier alpha value is -2.12. The van der Waals surface area contributed by atoms with E-state index < -0.39 is 0 Å². The summed E-state index contributed by atoms with van der Waals surface area (Å²) in [6.45, 7) is 7.07. The SMILES string of the molecule is CC.Cc1c(CCN)sc2c(NCc3ccco3)nc(=O)[nH]c12. The first kappa shape index (κ1) is 17.2. The Morgan fingerprint density at radius 2 is 2.22 bits per heavy atom. The summed E-state index contributed by atoms with van der Waals surface area (Å²) >= 11 is 1.62. The van der Waals surface area contributed by atoms with Gasteiger partial charge in [0, 0.05) is 4.88 Å². The van der Waals surface area contributed by atoms with Crippen LogP contribution in [0.1, 0.15) is 30.0 Å². The number of nitrogens with two attached hydrogens (primary N) is 1. The third-order valence-corrected chi connectivity index (χ3v) is 4.65. The van der Waals surface area contributed by atoms with Crippen molar-refractivity contribution in [2.45, 2.75) is 33.7 Å². The van der Waals surface area contributed by atoms with Crippen molar-refractivity contribution in [1.82, 2.24) is 9.97 Å². The molecule has 4 N–H and O–H groups in total. The summed E-state index contributed by atoms with van der Waals surface area (Å²) in [6.07, 6.45) is 2.41. The van der Waals surface area contributed by atoms with E-state index in [1.165, 1.54) is 4.88 Å². The standard InChI is InChI=1S/C14H16N4O2S.C2H6/c1-8-10(4-5-15)21-12-11(8)17-14(19)18-13(12)16-7-9-3-2-6-20-9;1-2/h2-3,6H,4-5,7,15H2,1H3,(H2,16,17,18,19);1-2H3. The highest BCUT2D eigenvalue weighted by molar-refractivity contribution is 7.19. The lowest BCUT2D eigenvalue weighted by Gasteiger charge is -2.04. The zero-order valence-electron chi connectivity index (χ0n) is 13.6. The molecule has 124 valence electrons. The van der Waals surface area contributed by atoms with Gasteiger partial charge in [0.15, 0.2) is 5.82 Å². The molecule has 0 atom stereocenters. The van der Waals surface area contributed by atoms with Crippen molar-refractivity contribution in [3.05, 3.63) is 45.1 Å². The minimum atomic E-state index is -0.357. The van der Waals surface area contributed by atoms with E-state index in [2.05, 4.69) is 15.3 Å². The summed E-state index contributed by atoms with van der Waals surface area (Å²) in [5, 5.41) is 3.17. The van der Waals surface area contributed by atoms with Gasteiger partial charge in [0.2, 0.25) is 0 Å². The summed E-state index contributed by atoms with van der Waals surface area (Å²) in [7, 11) is 0. The molecule has 0 fully saturated rings. The second kappa shape index (κ2) is 7.94. The maximum absolute atomic E-state index is 11.7. The molecule has 0 radical (unpaired) electrons. The van der Waals surface area contributed by atoms with Gasteiger partial charge in [-0.25, -0.2) is 4.79 Å². The quantitative estimate of drug-likeness (QED) is 0.666. The van der Waals surface area contributed by atoms with Crippen molar-refractivity contribution >= 4 is 27.4 Å². The van der Waals surface area contributed by atoms with E-state index in [9.17, 15) is 4.79 Å². The average Bonchev–Trinajstić information content (AvgIpc) is 3.18. The molecule has 0 bridgehead atoms. The smallest absolute Gasteiger partial charge is 0.347 e. The maximum Gasteiger partial charge on any atom is 0.347 e. The lowest BCUT2D eigenvalue weighted by atomic mass is 10.2. The van der Waals surface area contributed by atoms with Gasteiger partial charge in [-0.3, -0.25) is 0 Å². The van der Waals surface area contributed by atoms with E-state index in [0.717, 1.165) is 28.0 Å². The Morgan fingerprint density at radius 1 is 1.43 bits per heavy atom. The second-order valence-electron chi connectivity index (χ2n) is 4.72. The van der Waals surface area contributed by atoms with Crippen molar-refractivity contribution in [1.29, 1.82) is 0 Å². The minimum Gasteiger partial charge on any atom is -0.467 e. The zero-order valence-corrected chi connectivity index (χ0v) is 14.4. The molecule has 0 aliphatic rings. The number of H-pyrrole nitrogens is 1. The van der Waals surface area contributed by atoms with E-state index in [1.54, 1.807) is 17.6 Å². The minimum absolute atomic E-state index is 0.357. The van der Waals surface area contributed by atoms with Crippen LogP contribution in [0.4, 0.5) is 5.82 Å². The fourth-order valence-corrected chi connectivity index (χ4v) is 3.48. The van der Waals surface area contributed by atoms with Gasteiger partial charge in [0.25, 0.3) is 0 Å². The molecular weight excluding hydrogens is 312 g/mol. The van der Waals surface area contributed by atoms with Gasteiger partial charge in [-0.2, -0.15) is 4.98 Å². The molecule has 0 aromatic carbocycles. The van der Waals surface area contributed by atoms with Crippen molar-refractivity contribution in [2.75, 3.05) is 11.9 Å². The number of nitrogens with one attached hydrogen (secondary N) is 2. The molecular formula is C16H22N4O2S. The van der Waals surface area contributed by atoms with Crippen LogP contribution in [0.15, 0.2) is 27.6 Å². The summed E-state index contributed by atoms with van der Waals surface area (Å²) in [4.78, 5) is 19.8. The number of anilines is 1. The third kappa shape index (κ3) is 3.80. The average molecular weight is 334 g/mol. The fourth-order valence-electron chi connectivity index (χ4n) is 2.24. The van der Waals surface area contributed by atoms with Gasteiger partial charge in [0.05, 0.1) is 23.0 Å². The predicted octanol–water partition coefficient (Wildman–Crippen LogP) is 3.03.